The van der Waals surface area contributed by atoms with Gasteiger partial charge in [0.05, 0.1) is 19.4 Å². The Morgan fingerprint density at radius 3 is 2.67 bits per heavy atom. The minimum absolute atomic E-state index is 0.370. The third-order valence-corrected chi connectivity index (χ3v) is 5.28. The number of guanidine groups is 1. The van der Waals surface area contributed by atoms with E-state index in [0.717, 1.165) is 22.6 Å². The van der Waals surface area contributed by atoms with Crippen LogP contribution in [0.15, 0.2) is 75.7 Å². The van der Waals surface area contributed by atoms with E-state index in [-0.39, 0.29) is 0 Å². The van der Waals surface area contributed by atoms with Crippen LogP contribution in [0.25, 0.3) is 0 Å². The summed E-state index contributed by atoms with van der Waals surface area (Å²) in [5.41, 5.74) is 0.180. The van der Waals surface area contributed by atoms with E-state index in [4.69, 9.17) is 4.42 Å². The van der Waals surface area contributed by atoms with Crippen molar-refractivity contribution in [2.45, 2.75) is 25.5 Å². The van der Waals surface area contributed by atoms with E-state index in [1.165, 1.54) is 0 Å². The molecule has 2 aromatic heterocycles. The predicted molar refractivity (Wildman–Crippen MR) is 110 cm³/mol. The van der Waals surface area contributed by atoms with Crippen molar-refractivity contribution in [1.82, 2.24) is 10.6 Å². The molecule has 3 aromatic rings. The third kappa shape index (κ3) is 5.98. The summed E-state index contributed by atoms with van der Waals surface area (Å²) < 4.78 is 5.37. The molecule has 1 unspecified atom stereocenters. The second-order valence-electron chi connectivity index (χ2n) is 6.51. The molecule has 142 valence electrons. The molecule has 0 saturated heterocycles. The molecule has 6 heteroatoms. The SMILES string of the molecule is CC(O)(CNC(=NCc1ccccc1)NCCc1ccco1)c1cccs1. The first kappa shape index (κ1) is 19.2. The Morgan fingerprint density at radius 1 is 1.11 bits per heavy atom. The van der Waals surface area contributed by atoms with E-state index >= 15 is 0 Å². The first-order chi connectivity index (χ1) is 13.1. The maximum Gasteiger partial charge on any atom is 0.191 e. The Morgan fingerprint density at radius 2 is 1.96 bits per heavy atom. The van der Waals surface area contributed by atoms with E-state index in [0.29, 0.717) is 25.6 Å². The molecule has 0 aliphatic heterocycles. The highest BCUT2D eigenvalue weighted by Crippen LogP contribution is 2.24. The second kappa shape index (κ2) is 9.39. The maximum atomic E-state index is 10.7. The van der Waals surface area contributed by atoms with Crippen LogP contribution in [-0.4, -0.2) is 24.2 Å². The molecular formula is C21H25N3O2S. The summed E-state index contributed by atoms with van der Waals surface area (Å²) in [7, 11) is 0. The molecule has 1 atom stereocenters. The molecule has 2 heterocycles. The van der Waals surface area contributed by atoms with Crippen molar-refractivity contribution in [3.8, 4) is 0 Å². The van der Waals surface area contributed by atoms with Crippen LogP contribution in [0.2, 0.25) is 0 Å². The van der Waals surface area contributed by atoms with Crippen LogP contribution in [0, 0.1) is 0 Å². The van der Waals surface area contributed by atoms with Gasteiger partial charge in [-0.1, -0.05) is 36.4 Å². The van der Waals surface area contributed by atoms with Crippen molar-refractivity contribution in [3.05, 3.63) is 82.4 Å². The number of furan rings is 1. The summed E-state index contributed by atoms with van der Waals surface area (Å²) in [6.45, 7) is 3.44. The number of rotatable bonds is 8. The van der Waals surface area contributed by atoms with Crippen LogP contribution >= 0.6 is 11.3 Å². The fourth-order valence-corrected chi connectivity index (χ4v) is 3.40. The maximum absolute atomic E-state index is 10.7. The molecule has 0 saturated carbocycles. The molecule has 0 aliphatic rings. The van der Waals surface area contributed by atoms with Gasteiger partial charge in [-0.25, -0.2) is 4.99 Å². The summed E-state index contributed by atoms with van der Waals surface area (Å²) in [5, 5.41) is 19.3. The molecule has 0 amide bonds. The summed E-state index contributed by atoms with van der Waals surface area (Å²) in [6.07, 6.45) is 2.44. The third-order valence-electron chi connectivity index (χ3n) is 4.16. The second-order valence-corrected chi connectivity index (χ2v) is 7.46. The molecule has 0 fully saturated rings. The highest BCUT2D eigenvalue weighted by atomic mass is 32.1. The minimum Gasteiger partial charge on any atom is -0.469 e. The van der Waals surface area contributed by atoms with Gasteiger partial charge in [-0.15, -0.1) is 11.3 Å². The molecular weight excluding hydrogens is 358 g/mol. The number of aliphatic hydroxyl groups is 1. The average Bonchev–Trinajstić information content (AvgIpc) is 3.38. The largest absolute Gasteiger partial charge is 0.469 e. The monoisotopic (exact) mass is 383 g/mol. The first-order valence-electron chi connectivity index (χ1n) is 8.98. The van der Waals surface area contributed by atoms with Gasteiger partial charge < -0.3 is 20.2 Å². The van der Waals surface area contributed by atoms with Crippen LogP contribution in [-0.2, 0) is 18.6 Å². The molecule has 1 aromatic carbocycles. The Bertz CT molecular complexity index is 813. The number of benzene rings is 1. The Hall–Kier alpha value is -2.57. The van der Waals surface area contributed by atoms with E-state index < -0.39 is 5.60 Å². The zero-order chi connectivity index (χ0) is 19.0. The van der Waals surface area contributed by atoms with E-state index in [9.17, 15) is 5.11 Å². The van der Waals surface area contributed by atoms with Crippen LogP contribution in [0.3, 0.4) is 0 Å². The first-order valence-corrected chi connectivity index (χ1v) is 9.86. The van der Waals surface area contributed by atoms with Gasteiger partial charge in [-0.05, 0) is 36.1 Å². The Kier molecular flexibility index (Phi) is 6.68. The number of hydrogen-bond donors (Lipinski definition) is 3. The molecule has 27 heavy (non-hydrogen) atoms. The van der Waals surface area contributed by atoms with Crippen molar-refractivity contribution in [2.24, 2.45) is 4.99 Å². The zero-order valence-corrected chi connectivity index (χ0v) is 16.2. The van der Waals surface area contributed by atoms with Gasteiger partial charge in [0.15, 0.2) is 5.96 Å². The molecule has 3 N–H and O–H groups in total. The zero-order valence-electron chi connectivity index (χ0n) is 15.4. The summed E-state index contributed by atoms with van der Waals surface area (Å²) in [5.74, 6) is 1.60. The minimum atomic E-state index is -0.954. The summed E-state index contributed by atoms with van der Waals surface area (Å²) in [4.78, 5) is 5.58. The summed E-state index contributed by atoms with van der Waals surface area (Å²) >= 11 is 1.55. The van der Waals surface area contributed by atoms with Crippen LogP contribution < -0.4 is 10.6 Å². The van der Waals surface area contributed by atoms with Crippen LogP contribution in [0.5, 0.6) is 0 Å². The fraction of sp³-hybridized carbons (Fsp3) is 0.286. The molecule has 3 rings (SSSR count). The van der Waals surface area contributed by atoms with Gasteiger partial charge in [-0.3, -0.25) is 0 Å². The van der Waals surface area contributed by atoms with Crippen molar-refractivity contribution in [3.63, 3.8) is 0 Å². The number of nitrogens with zero attached hydrogens (tertiary/aromatic N) is 1. The standard InChI is InChI=1S/C21H25N3O2S/c1-21(25,19-10-6-14-27-19)16-24-20(22-12-11-18-9-5-13-26-18)23-15-17-7-3-2-4-8-17/h2-10,13-14,25H,11-12,15-16H2,1H3,(H2,22,23,24). The normalized spacial score (nSPS) is 13.9. The Balaban J connectivity index is 1.61. The van der Waals surface area contributed by atoms with Gasteiger partial charge in [0, 0.05) is 17.8 Å². The lowest BCUT2D eigenvalue weighted by Crippen LogP contribution is -2.44. The van der Waals surface area contributed by atoms with E-state index in [2.05, 4.69) is 15.6 Å². The van der Waals surface area contributed by atoms with Gasteiger partial charge in [0.1, 0.15) is 11.4 Å². The highest BCUT2D eigenvalue weighted by molar-refractivity contribution is 7.10. The van der Waals surface area contributed by atoms with Gasteiger partial charge in [-0.2, -0.15) is 0 Å². The highest BCUT2D eigenvalue weighted by Gasteiger charge is 2.24. The van der Waals surface area contributed by atoms with Gasteiger partial charge >= 0.3 is 0 Å². The number of thiophene rings is 1. The summed E-state index contributed by atoms with van der Waals surface area (Å²) in [6, 6.07) is 17.8. The smallest absolute Gasteiger partial charge is 0.191 e. The predicted octanol–water partition coefficient (Wildman–Crippen LogP) is 3.53. The molecule has 0 bridgehead atoms. The van der Waals surface area contributed by atoms with Crippen molar-refractivity contribution < 1.29 is 9.52 Å². The lowest BCUT2D eigenvalue weighted by molar-refractivity contribution is 0.0655. The van der Waals surface area contributed by atoms with Crippen LogP contribution in [0.1, 0.15) is 23.1 Å². The Labute approximate surface area is 163 Å². The number of nitrogens with one attached hydrogen (secondary N) is 2. The van der Waals surface area contributed by atoms with Gasteiger partial charge in [0.25, 0.3) is 0 Å². The quantitative estimate of drug-likeness (QED) is 0.411. The molecule has 0 aliphatic carbocycles. The number of hydrogen-bond acceptors (Lipinski definition) is 4. The molecule has 5 nitrogen and oxygen atoms in total. The van der Waals surface area contributed by atoms with E-state index in [1.54, 1.807) is 17.6 Å². The van der Waals surface area contributed by atoms with Crippen molar-refractivity contribution in [2.75, 3.05) is 13.1 Å². The molecule has 0 radical (unpaired) electrons. The molecule has 0 spiro atoms. The number of aliphatic imine (C=N–C) groups is 1. The average molecular weight is 384 g/mol. The lowest BCUT2D eigenvalue weighted by atomic mass is 10.1. The fourth-order valence-electron chi connectivity index (χ4n) is 2.61. The van der Waals surface area contributed by atoms with Gasteiger partial charge in [0.2, 0.25) is 0 Å². The van der Waals surface area contributed by atoms with Crippen LogP contribution in [0.4, 0.5) is 0 Å². The topological polar surface area (TPSA) is 69.8 Å². The lowest BCUT2D eigenvalue weighted by Gasteiger charge is -2.24. The van der Waals surface area contributed by atoms with Crippen molar-refractivity contribution >= 4 is 17.3 Å². The van der Waals surface area contributed by atoms with E-state index in [1.807, 2.05) is 66.9 Å². The van der Waals surface area contributed by atoms with Crippen molar-refractivity contribution in [1.29, 1.82) is 0 Å².